The molecule has 2 N–H and O–H groups in total. The van der Waals surface area contributed by atoms with E-state index < -0.39 is 0 Å². The Morgan fingerprint density at radius 1 is 1.15 bits per heavy atom. The third-order valence-corrected chi connectivity index (χ3v) is 4.74. The Morgan fingerprint density at radius 3 is 2.41 bits per heavy atom. The van der Waals surface area contributed by atoms with Crippen molar-refractivity contribution < 1.29 is 19.1 Å². The second-order valence-electron chi connectivity index (χ2n) is 6.95. The van der Waals surface area contributed by atoms with Gasteiger partial charge in [0.15, 0.2) is 0 Å². The van der Waals surface area contributed by atoms with Gasteiger partial charge in [0, 0.05) is 38.2 Å². The van der Waals surface area contributed by atoms with E-state index in [2.05, 4.69) is 10.6 Å². The Hall–Kier alpha value is -2.57. The summed E-state index contributed by atoms with van der Waals surface area (Å²) in [6.07, 6.45) is 3.30. The number of ketones is 1. The van der Waals surface area contributed by atoms with Gasteiger partial charge >= 0.3 is 6.03 Å². The van der Waals surface area contributed by atoms with Crippen LogP contribution in [0.25, 0.3) is 0 Å². The number of anilines is 1. The van der Waals surface area contributed by atoms with Crippen molar-refractivity contribution in [3.8, 4) is 5.75 Å². The number of methoxy groups -OCH3 is 1. The fourth-order valence-electron chi connectivity index (χ4n) is 3.12. The Labute approximate surface area is 160 Å². The number of ether oxygens (including phenoxy) is 1. The van der Waals surface area contributed by atoms with Crippen LogP contribution in [0.5, 0.6) is 5.75 Å². The summed E-state index contributed by atoms with van der Waals surface area (Å²) >= 11 is 0. The average molecular weight is 375 g/mol. The smallest absolute Gasteiger partial charge is 0.321 e. The molecule has 1 aliphatic heterocycles. The minimum absolute atomic E-state index is 0.0275. The van der Waals surface area contributed by atoms with Gasteiger partial charge in [-0.15, -0.1) is 0 Å². The van der Waals surface area contributed by atoms with Crippen LogP contribution in [0.3, 0.4) is 0 Å². The molecule has 0 radical (unpaired) electrons. The molecule has 0 atom stereocenters. The van der Waals surface area contributed by atoms with Crippen LogP contribution in [-0.2, 0) is 9.59 Å². The van der Waals surface area contributed by atoms with Gasteiger partial charge in [-0.05, 0) is 56.4 Å². The number of carbonyl (C=O) groups is 3. The van der Waals surface area contributed by atoms with Crippen molar-refractivity contribution in [2.24, 2.45) is 5.92 Å². The predicted octanol–water partition coefficient (Wildman–Crippen LogP) is 2.81. The SMILES string of the molecule is COc1ccc(NC(=O)N2CCC(CC(=O)NCCCC(C)=O)CC2)cc1. The molecule has 0 unspecified atom stereocenters. The number of rotatable bonds is 8. The Balaban J connectivity index is 1.67. The van der Waals surface area contributed by atoms with Gasteiger partial charge in [0.05, 0.1) is 7.11 Å². The topological polar surface area (TPSA) is 87.7 Å². The zero-order valence-electron chi connectivity index (χ0n) is 16.1. The summed E-state index contributed by atoms with van der Waals surface area (Å²) in [5, 5.41) is 5.75. The van der Waals surface area contributed by atoms with Crippen LogP contribution in [0.15, 0.2) is 24.3 Å². The molecule has 1 heterocycles. The van der Waals surface area contributed by atoms with Crippen molar-refractivity contribution in [2.75, 3.05) is 32.1 Å². The van der Waals surface area contributed by atoms with Gasteiger partial charge in [0.1, 0.15) is 11.5 Å². The average Bonchev–Trinajstić information content (AvgIpc) is 2.66. The Kier molecular flexibility index (Phi) is 8.10. The summed E-state index contributed by atoms with van der Waals surface area (Å²) in [6.45, 7) is 3.39. The molecule has 3 amide bonds. The van der Waals surface area contributed by atoms with Crippen molar-refractivity contribution in [3.63, 3.8) is 0 Å². The fourth-order valence-corrected chi connectivity index (χ4v) is 3.12. The largest absolute Gasteiger partial charge is 0.497 e. The van der Waals surface area contributed by atoms with Crippen molar-refractivity contribution in [2.45, 2.75) is 39.0 Å². The van der Waals surface area contributed by atoms with Gasteiger partial charge in [-0.1, -0.05) is 0 Å². The molecule has 2 rings (SSSR count). The first-order chi connectivity index (χ1) is 13.0. The lowest BCUT2D eigenvalue weighted by Crippen LogP contribution is -2.42. The minimum atomic E-state index is -0.118. The van der Waals surface area contributed by atoms with E-state index in [1.165, 1.54) is 0 Å². The van der Waals surface area contributed by atoms with Gasteiger partial charge in [-0.25, -0.2) is 4.79 Å². The normalized spacial score (nSPS) is 14.5. The van der Waals surface area contributed by atoms with Crippen LogP contribution >= 0.6 is 0 Å². The highest BCUT2D eigenvalue weighted by Gasteiger charge is 2.24. The van der Waals surface area contributed by atoms with Crippen molar-refractivity contribution in [3.05, 3.63) is 24.3 Å². The van der Waals surface area contributed by atoms with Gasteiger partial charge in [0.25, 0.3) is 0 Å². The van der Waals surface area contributed by atoms with Gasteiger partial charge in [-0.2, -0.15) is 0 Å². The third kappa shape index (κ3) is 7.29. The van der Waals surface area contributed by atoms with Crippen LogP contribution < -0.4 is 15.4 Å². The van der Waals surface area contributed by atoms with E-state index in [-0.39, 0.29) is 17.7 Å². The van der Waals surface area contributed by atoms with Gasteiger partial charge < -0.3 is 25.1 Å². The van der Waals surface area contributed by atoms with Crippen molar-refractivity contribution >= 4 is 23.4 Å². The number of carbonyl (C=O) groups excluding carboxylic acids is 3. The number of benzene rings is 1. The molecule has 27 heavy (non-hydrogen) atoms. The molecule has 1 aromatic carbocycles. The predicted molar refractivity (Wildman–Crippen MR) is 104 cm³/mol. The first kappa shape index (κ1) is 20.7. The molecule has 0 aromatic heterocycles. The number of urea groups is 1. The molecule has 148 valence electrons. The molecule has 7 heteroatoms. The molecule has 7 nitrogen and oxygen atoms in total. The number of amides is 3. The van der Waals surface area contributed by atoms with E-state index in [1.807, 2.05) is 0 Å². The summed E-state index contributed by atoms with van der Waals surface area (Å²) in [6, 6.07) is 7.10. The van der Waals surface area contributed by atoms with Crippen LogP contribution in [-0.4, -0.2) is 49.4 Å². The molecular formula is C20H29N3O4. The highest BCUT2D eigenvalue weighted by molar-refractivity contribution is 5.89. The number of piperidine rings is 1. The highest BCUT2D eigenvalue weighted by Crippen LogP contribution is 2.22. The monoisotopic (exact) mass is 375 g/mol. The van der Waals surface area contributed by atoms with Crippen LogP contribution in [0, 0.1) is 5.92 Å². The lowest BCUT2D eigenvalue weighted by Gasteiger charge is -2.31. The van der Waals surface area contributed by atoms with Crippen LogP contribution in [0.2, 0.25) is 0 Å². The maximum Gasteiger partial charge on any atom is 0.321 e. The van der Waals surface area contributed by atoms with Crippen molar-refractivity contribution in [1.82, 2.24) is 10.2 Å². The maximum atomic E-state index is 12.4. The fraction of sp³-hybridized carbons (Fsp3) is 0.550. The third-order valence-electron chi connectivity index (χ3n) is 4.74. The number of likely N-dealkylation sites (tertiary alicyclic amines) is 1. The lowest BCUT2D eigenvalue weighted by molar-refractivity contribution is -0.122. The zero-order chi connectivity index (χ0) is 19.6. The van der Waals surface area contributed by atoms with Gasteiger partial charge in [-0.3, -0.25) is 4.79 Å². The van der Waals surface area contributed by atoms with E-state index in [4.69, 9.17) is 4.74 Å². The molecule has 1 saturated heterocycles. The van der Waals surface area contributed by atoms with E-state index in [9.17, 15) is 14.4 Å². The van der Waals surface area contributed by atoms with E-state index in [0.717, 1.165) is 24.3 Å². The lowest BCUT2D eigenvalue weighted by atomic mass is 9.93. The van der Waals surface area contributed by atoms with E-state index in [1.54, 1.807) is 43.2 Å². The minimum Gasteiger partial charge on any atom is -0.497 e. The standard InChI is InChI=1S/C20H29N3O4/c1-15(24)4-3-11-21-19(25)14-16-9-12-23(13-10-16)20(26)22-17-5-7-18(27-2)8-6-17/h5-8,16H,3-4,9-14H2,1-2H3,(H,21,25)(H,22,26). The maximum absolute atomic E-state index is 12.4. The van der Waals surface area contributed by atoms with E-state index in [0.29, 0.717) is 44.8 Å². The number of hydrogen-bond acceptors (Lipinski definition) is 4. The molecule has 0 saturated carbocycles. The quantitative estimate of drug-likeness (QED) is 0.684. The molecular weight excluding hydrogens is 346 g/mol. The van der Waals surface area contributed by atoms with Crippen LogP contribution in [0.4, 0.5) is 10.5 Å². The summed E-state index contributed by atoms with van der Waals surface area (Å²) in [7, 11) is 1.60. The second kappa shape index (κ2) is 10.5. The second-order valence-corrected chi connectivity index (χ2v) is 6.95. The molecule has 0 spiro atoms. The number of nitrogens with one attached hydrogen (secondary N) is 2. The first-order valence-corrected chi connectivity index (χ1v) is 9.44. The van der Waals surface area contributed by atoms with E-state index >= 15 is 0 Å². The molecule has 0 bridgehead atoms. The summed E-state index contributed by atoms with van der Waals surface area (Å²) < 4.78 is 5.10. The van der Waals surface area contributed by atoms with Crippen molar-refractivity contribution in [1.29, 1.82) is 0 Å². The van der Waals surface area contributed by atoms with Gasteiger partial charge in [0.2, 0.25) is 5.91 Å². The summed E-state index contributed by atoms with van der Waals surface area (Å²) in [5.41, 5.74) is 0.730. The number of hydrogen-bond donors (Lipinski definition) is 2. The molecule has 1 fully saturated rings. The summed E-state index contributed by atoms with van der Waals surface area (Å²) in [5.74, 6) is 1.21. The molecule has 0 aliphatic carbocycles. The first-order valence-electron chi connectivity index (χ1n) is 9.44. The number of nitrogens with zero attached hydrogens (tertiary/aromatic N) is 1. The Bertz CT molecular complexity index is 637. The Morgan fingerprint density at radius 2 is 1.81 bits per heavy atom. The van der Waals surface area contributed by atoms with Crippen LogP contribution in [0.1, 0.15) is 39.0 Å². The zero-order valence-corrected chi connectivity index (χ0v) is 16.1. The number of Topliss-reactive ketones (excluding diaryl/α,β-unsaturated/α-hetero) is 1. The highest BCUT2D eigenvalue weighted by atomic mass is 16.5. The molecule has 1 aromatic rings. The molecule has 1 aliphatic rings. The summed E-state index contributed by atoms with van der Waals surface area (Å²) in [4.78, 5) is 37.0.